The van der Waals surface area contributed by atoms with Gasteiger partial charge in [0.2, 0.25) is 0 Å². The molecule has 0 spiro atoms. The molecule has 1 aliphatic heterocycles. The lowest BCUT2D eigenvalue weighted by Gasteiger charge is -2.17. The summed E-state index contributed by atoms with van der Waals surface area (Å²) in [5.41, 5.74) is 4.15. The van der Waals surface area contributed by atoms with Crippen molar-refractivity contribution in [3.8, 4) is 5.75 Å². The van der Waals surface area contributed by atoms with E-state index in [0.717, 1.165) is 16.8 Å². The number of nitrogens with zero attached hydrogens (tertiary/aromatic N) is 1. The second-order valence-corrected chi connectivity index (χ2v) is 7.60. The van der Waals surface area contributed by atoms with Crippen LogP contribution in [-0.2, 0) is 14.3 Å². The van der Waals surface area contributed by atoms with E-state index in [-0.39, 0.29) is 30.2 Å². The van der Waals surface area contributed by atoms with E-state index in [1.54, 1.807) is 31.4 Å². The molecule has 1 N–H and O–H groups in total. The largest absolute Gasteiger partial charge is 0.497 e. The van der Waals surface area contributed by atoms with Gasteiger partial charge in [-0.1, -0.05) is 24.3 Å². The van der Waals surface area contributed by atoms with Crippen LogP contribution < -0.4 is 10.1 Å². The smallest absolute Gasteiger partial charge is 0.278 e. The molecule has 2 amide bonds. The standard InChI is InChI=1S/C24H28N2O4/c1-15(2)30-13-12-26-23(27)21(18-8-10-19(29-5)11-9-18)22(24(26)28)25-20-14-16(3)6-7-17(20)4/h6-11,14-15,25H,12-13H2,1-5H3. The number of anilines is 1. The van der Waals surface area contributed by atoms with Crippen molar-refractivity contribution in [3.05, 3.63) is 64.9 Å². The van der Waals surface area contributed by atoms with Crippen LogP contribution in [-0.4, -0.2) is 43.1 Å². The Kier molecular flexibility index (Phi) is 6.57. The molecule has 30 heavy (non-hydrogen) atoms. The summed E-state index contributed by atoms with van der Waals surface area (Å²) in [6.07, 6.45) is 0.0272. The highest BCUT2D eigenvalue weighted by Gasteiger charge is 2.39. The fourth-order valence-corrected chi connectivity index (χ4v) is 3.31. The molecule has 0 bridgehead atoms. The zero-order valence-electron chi connectivity index (χ0n) is 18.1. The van der Waals surface area contributed by atoms with Crippen molar-refractivity contribution in [2.24, 2.45) is 0 Å². The van der Waals surface area contributed by atoms with Gasteiger partial charge < -0.3 is 14.8 Å². The Morgan fingerprint density at radius 2 is 1.70 bits per heavy atom. The maximum Gasteiger partial charge on any atom is 0.278 e. The molecule has 0 aromatic heterocycles. The third kappa shape index (κ3) is 4.54. The molecule has 6 nitrogen and oxygen atoms in total. The highest BCUT2D eigenvalue weighted by molar-refractivity contribution is 6.36. The van der Waals surface area contributed by atoms with Gasteiger partial charge in [-0.25, -0.2) is 0 Å². The Morgan fingerprint density at radius 3 is 2.33 bits per heavy atom. The molecule has 2 aromatic carbocycles. The summed E-state index contributed by atoms with van der Waals surface area (Å²) in [4.78, 5) is 27.7. The first-order chi connectivity index (χ1) is 14.3. The zero-order chi connectivity index (χ0) is 21.8. The van der Waals surface area contributed by atoms with Gasteiger partial charge in [0.1, 0.15) is 11.4 Å². The van der Waals surface area contributed by atoms with Crippen molar-refractivity contribution in [1.82, 2.24) is 4.90 Å². The quantitative estimate of drug-likeness (QED) is 0.671. The number of carbonyl (C=O) groups excluding carboxylic acids is 2. The topological polar surface area (TPSA) is 67.9 Å². The number of methoxy groups -OCH3 is 1. The molecule has 0 saturated heterocycles. The number of imide groups is 1. The second-order valence-electron chi connectivity index (χ2n) is 7.60. The summed E-state index contributed by atoms with van der Waals surface area (Å²) < 4.78 is 10.8. The predicted molar refractivity (Wildman–Crippen MR) is 117 cm³/mol. The first kappa shape index (κ1) is 21.6. The monoisotopic (exact) mass is 408 g/mol. The Morgan fingerprint density at radius 1 is 1.00 bits per heavy atom. The van der Waals surface area contributed by atoms with E-state index in [4.69, 9.17) is 9.47 Å². The lowest BCUT2D eigenvalue weighted by Crippen LogP contribution is -2.35. The van der Waals surface area contributed by atoms with Crippen LogP contribution >= 0.6 is 0 Å². The molecule has 6 heteroatoms. The van der Waals surface area contributed by atoms with Gasteiger partial charge in [0.05, 0.1) is 31.9 Å². The van der Waals surface area contributed by atoms with Crippen LogP contribution in [0.3, 0.4) is 0 Å². The van der Waals surface area contributed by atoms with Gasteiger partial charge in [0.15, 0.2) is 0 Å². The fraction of sp³-hybridized carbons (Fsp3) is 0.333. The molecule has 158 valence electrons. The van der Waals surface area contributed by atoms with Crippen LogP contribution in [0, 0.1) is 13.8 Å². The Hall–Kier alpha value is -3.12. The zero-order valence-corrected chi connectivity index (χ0v) is 18.1. The van der Waals surface area contributed by atoms with E-state index < -0.39 is 0 Å². The minimum Gasteiger partial charge on any atom is -0.497 e. The molecule has 3 rings (SSSR count). The number of carbonyl (C=O) groups is 2. The maximum absolute atomic E-state index is 13.2. The number of ether oxygens (including phenoxy) is 2. The van der Waals surface area contributed by atoms with Crippen LogP contribution in [0.25, 0.3) is 5.57 Å². The number of amides is 2. The number of rotatable bonds is 8. The van der Waals surface area contributed by atoms with Crippen LogP contribution in [0.4, 0.5) is 5.69 Å². The number of nitrogens with one attached hydrogen (secondary N) is 1. The van der Waals surface area contributed by atoms with E-state index in [0.29, 0.717) is 23.5 Å². The third-order valence-electron chi connectivity index (χ3n) is 4.97. The van der Waals surface area contributed by atoms with Crippen LogP contribution in [0.2, 0.25) is 0 Å². The van der Waals surface area contributed by atoms with E-state index in [2.05, 4.69) is 5.32 Å². The van der Waals surface area contributed by atoms with Crippen LogP contribution in [0.5, 0.6) is 5.75 Å². The average Bonchev–Trinajstić information content (AvgIpc) is 2.95. The number of hydrogen-bond donors (Lipinski definition) is 1. The molecule has 0 fully saturated rings. The van der Waals surface area contributed by atoms with Gasteiger partial charge in [-0.3, -0.25) is 14.5 Å². The predicted octanol–water partition coefficient (Wildman–Crippen LogP) is 3.93. The van der Waals surface area contributed by atoms with Crippen molar-refractivity contribution < 1.29 is 19.1 Å². The Bertz CT molecular complexity index is 977. The first-order valence-electron chi connectivity index (χ1n) is 10.0. The molecule has 0 unspecified atom stereocenters. The Labute approximate surface area is 177 Å². The van der Waals surface area contributed by atoms with E-state index in [9.17, 15) is 9.59 Å². The fourth-order valence-electron chi connectivity index (χ4n) is 3.31. The summed E-state index contributed by atoms with van der Waals surface area (Å²) >= 11 is 0. The highest BCUT2D eigenvalue weighted by atomic mass is 16.5. The summed E-state index contributed by atoms with van der Waals surface area (Å²) in [6.45, 7) is 8.28. The lowest BCUT2D eigenvalue weighted by atomic mass is 10.0. The van der Waals surface area contributed by atoms with Gasteiger partial charge in [-0.15, -0.1) is 0 Å². The van der Waals surface area contributed by atoms with Crippen molar-refractivity contribution in [2.75, 3.05) is 25.6 Å². The third-order valence-corrected chi connectivity index (χ3v) is 4.97. The highest BCUT2D eigenvalue weighted by Crippen LogP contribution is 2.32. The summed E-state index contributed by atoms with van der Waals surface area (Å²) in [5, 5.41) is 3.23. The minimum absolute atomic E-state index is 0.0272. The normalized spacial score (nSPS) is 14.1. The van der Waals surface area contributed by atoms with Crippen LogP contribution in [0.1, 0.15) is 30.5 Å². The molecule has 0 aliphatic carbocycles. The number of benzene rings is 2. The second kappa shape index (κ2) is 9.13. The van der Waals surface area contributed by atoms with Gasteiger partial charge >= 0.3 is 0 Å². The molecule has 1 aliphatic rings. The SMILES string of the molecule is COc1ccc(C2=C(Nc3cc(C)ccc3C)C(=O)N(CCOC(C)C)C2=O)cc1. The lowest BCUT2D eigenvalue weighted by molar-refractivity contribution is -0.137. The molecule has 2 aromatic rings. The van der Waals surface area contributed by atoms with Gasteiger partial charge in [0, 0.05) is 5.69 Å². The minimum atomic E-state index is -0.348. The summed E-state index contributed by atoms with van der Waals surface area (Å²) in [6, 6.07) is 13.1. The van der Waals surface area contributed by atoms with Gasteiger partial charge in [-0.2, -0.15) is 0 Å². The van der Waals surface area contributed by atoms with E-state index in [1.807, 2.05) is 45.9 Å². The number of aryl methyl sites for hydroxylation is 2. The van der Waals surface area contributed by atoms with Crippen molar-refractivity contribution in [1.29, 1.82) is 0 Å². The van der Waals surface area contributed by atoms with E-state index >= 15 is 0 Å². The first-order valence-corrected chi connectivity index (χ1v) is 10.0. The van der Waals surface area contributed by atoms with Gasteiger partial charge in [0.25, 0.3) is 11.8 Å². The van der Waals surface area contributed by atoms with Crippen LogP contribution in [0.15, 0.2) is 48.2 Å². The van der Waals surface area contributed by atoms with Crippen molar-refractivity contribution >= 4 is 23.1 Å². The molecule has 0 atom stereocenters. The average molecular weight is 408 g/mol. The molecule has 0 saturated carbocycles. The van der Waals surface area contributed by atoms with Gasteiger partial charge in [-0.05, 0) is 62.6 Å². The van der Waals surface area contributed by atoms with E-state index in [1.165, 1.54) is 4.90 Å². The maximum atomic E-state index is 13.2. The number of hydrogen-bond acceptors (Lipinski definition) is 5. The summed E-state index contributed by atoms with van der Waals surface area (Å²) in [5.74, 6) is 0.00626. The molecular weight excluding hydrogens is 380 g/mol. The summed E-state index contributed by atoms with van der Waals surface area (Å²) in [7, 11) is 1.59. The molecule has 1 heterocycles. The van der Waals surface area contributed by atoms with Crippen molar-refractivity contribution in [3.63, 3.8) is 0 Å². The molecular formula is C24H28N2O4. The molecule has 0 radical (unpaired) electrons. The Balaban J connectivity index is 2.00. The van der Waals surface area contributed by atoms with Crippen molar-refractivity contribution in [2.45, 2.75) is 33.8 Å².